The fourth-order valence-corrected chi connectivity index (χ4v) is 5.02. The average Bonchev–Trinajstić information content (AvgIpc) is 3.24. The zero-order valence-corrected chi connectivity index (χ0v) is 16.9. The molecule has 0 N–H and O–H groups in total. The lowest BCUT2D eigenvalue weighted by Gasteiger charge is -2.17. The van der Waals surface area contributed by atoms with Crippen LogP contribution in [0.2, 0.25) is 0 Å². The average molecular weight is 395 g/mol. The highest BCUT2D eigenvalue weighted by Crippen LogP contribution is 2.38. The molecule has 28 heavy (non-hydrogen) atoms. The van der Waals surface area contributed by atoms with E-state index in [2.05, 4.69) is 10.6 Å². The lowest BCUT2D eigenvalue weighted by atomic mass is 10.0. The second kappa shape index (κ2) is 6.57. The fraction of sp³-hybridized carbons (Fsp3) is 0.286. The van der Waals surface area contributed by atoms with Crippen LogP contribution in [0.1, 0.15) is 18.1 Å². The van der Waals surface area contributed by atoms with Gasteiger partial charge in [-0.15, -0.1) is 0 Å². The summed E-state index contributed by atoms with van der Waals surface area (Å²) >= 11 is 0. The molecule has 0 aliphatic carbocycles. The Balaban J connectivity index is 1.94. The summed E-state index contributed by atoms with van der Waals surface area (Å²) in [6.07, 6.45) is 1.89. The summed E-state index contributed by atoms with van der Waals surface area (Å²) in [6, 6.07) is 13.8. The van der Waals surface area contributed by atoms with E-state index in [4.69, 9.17) is 4.74 Å². The summed E-state index contributed by atoms with van der Waals surface area (Å²) in [6.45, 7) is 3.20. The zero-order chi connectivity index (χ0) is 20.1. The molecule has 1 aliphatic heterocycles. The van der Waals surface area contributed by atoms with Crippen molar-refractivity contribution in [3.8, 4) is 23.1 Å². The Morgan fingerprint density at radius 3 is 2.64 bits per heavy atom. The monoisotopic (exact) mass is 395 g/mol. The van der Waals surface area contributed by atoms with Crippen LogP contribution >= 0.6 is 0 Å². The van der Waals surface area contributed by atoms with Gasteiger partial charge in [0.1, 0.15) is 11.8 Å². The molecule has 0 fully saturated rings. The molecule has 0 saturated heterocycles. The van der Waals surface area contributed by atoms with Gasteiger partial charge in [0.2, 0.25) is 10.0 Å². The number of hydrogen-bond donors (Lipinski definition) is 0. The smallest absolute Gasteiger partial charge is 0.232 e. The van der Waals surface area contributed by atoms with E-state index < -0.39 is 10.0 Å². The predicted molar refractivity (Wildman–Crippen MR) is 110 cm³/mol. The van der Waals surface area contributed by atoms with Gasteiger partial charge in [-0.25, -0.2) is 8.42 Å². The van der Waals surface area contributed by atoms with E-state index >= 15 is 0 Å². The normalized spacial score (nSPS) is 13.6. The van der Waals surface area contributed by atoms with Crippen molar-refractivity contribution in [2.24, 2.45) is 0 Å². The molecule has 2 heterocycles. The lowest BCUT2D eigenvalue weighted by Crippen LogP contribution is -2.27. The first-order valence-electron chi connectivity index (χ1n) is 9.10. The molecule has 2 aromatic carbocycles. The number of nitrogens with zero attached hydrogens (tertiary/aromatic N) is 3. The number of benzene rings is 2. The quantitative estimate of drug-likeness (QED) is 0.677. The number of aryl methyl sites for hydroxylation is 1. The van der Waals surface area contributed by atoms with Crippen molar-refractivity contribution in [1.29, 1.82) is 5.26 Å². The first-order valence-corrected chi connectivity index (χ1v) is 10.9. The van der Waals surface area contributed by atoms with E-state index in [-0.39, 0.29) is 0 Å². The molecule has 3 aromatic rings. The third kappa shape index (κ3) is 2.72. The van der Waals surface area contributed by atoms with Crippen LogP contribution in [0.3, 0.4) is 0 Å². The van der Waals surface area contributed by atoms with Crippen LogP contribution in [0.25, 0.3) is 22.2 Å². The van der Waals surface area contributed by atoms with Gasteiger partial charge in [0.25, 0.3) is 0 Å². The molecule has 7 heteroatoms. The third-order valence-corrected chi connectivity index (χ3v) is 6.49. The molecule has 0 unspecified atom stereocenters. The molecule has 0 amide bonds. The maximum absolute atomic E-state index is 12.0. The van der Waals surface area contributed by atoms with Gasteiger partial charge in [-0.05, 0) is 48.7 Å². The molecule has 0 radical (unpaired) electrons. The second-order valence-electron chi connectivity index (χ2n) is 6.89. The molecule has 4 rings (SSSR count). The first kappa shape index (κ1) is 18.4. The first-order chi connectivity index (χ1) is 13.4. The summed E-state index contributed by atoms with van der Waals surface area (Å²) in [5.41, 5.74) is 5.06. The molecule has 0 bridgehead atoms. The Morgan fingerprint density at radius 1 is 1.21 bits per heavy atom. The number of methoxy groups -OCH3 is 1. The van der Waals surface area contributed by atoms with Gasteiger partial charge in [0.15, 0.2) is 0 Å². The number of ether oxygens (including phenoxy) is 1. The Kier molecular flexibility index (Phi) is 4.31. The van der Waals surface area contributed by atoms with Crippen molar-refractivity contribution in [3.63, 3.8) is 0 Å². The minimum absolute atomic E-state index is 0.455. The van der Waals surface area contributed by atoms with Gasteiger partial charge < -0.3 is 9.30 Å². The highest BCUT2D eigenvalue weighted by Gasteiger charge is 2.27. The van der Waals surface area contributed by atoms with E-state index in [9.17, 15) is 13.7 Å². The summed E-state index contributed by atoms with van der Waals surface area (Å²) in [5, 5.41) is 10.8. The van der Waals surface area contributed by atoms with Gasteiger partial charge in [-0.1, -0.05) is 6.07 Å². The van der Waals surface area contributed by atoms with Crippen molar-refractivity contribution in [2.45, 2.75) is 19.9 Å². The molecule has 0 saturated carbocycles. The van der Waals surface area contributed by atoms with E-state index in [0.717, 1.165) is 39.2 Å². The Bertz CT molecular complexity index is 1240. The lowest BCUT2D eigenvalue weighted by molar-refractivity contribution is 0.415. The number of rotatable bonds is 4. The summed E-state index contributed by atoms with van der Waals surface area (Å²) in [5.74, 6) is 0.744. The molecule has 1 aromatic heterocycles. The standard InChI is InChI=1S/C21H21N3O3S/c1-4-23-20-12-16(27-2)6-7-17(20)18(13-22)21(23)15-5-8-19-14(11-15)9-10-24(19)28(3,25)26/h5-8,11-12H,4,9-10H2,1-3H3. The maximum atomic E-state index is 12.0. The van der Waals surface area contributed by atoms with Crippen molar-refractivity contribution >= 4 is 26.6 Å². The van der Waals surface area contributed by atoms with Crippen molar-refractivity contribution in [3.05, 3.63) is 47.5 Å². The van der Waals surface area contributed by atoms with Crippen LogP contribution in [0.5, 0.6) is 5.75 Å². The Hall–Kier alpha value is -2.98. The van der Waals surface area contributed by atoms with E-state index in [1.165, 1.54) is 10.6 Å². The number of fused-ring (bicyclic) bond motifs is 2. The van der Waals surface area contributed by atoms with Gasteiger partial charge in [0, 0.05) is 24.5 Å². The third-order valence-electron chi connectivity index (χ3n) is 5.31. The topological polar surface area (TPSA) is 75.3 Å². The number of sulfonamides is 1. The highest BCUT2D eigenvalue weighted by atomic mass is 32.2. The van der Waals surface area contributed by atoms with Gasteiger partial charge in [0.05, 0.1) is 35.8 Å². The van der Waals surface area contributed by atoms with Crippen molar-refractivity contribution in [2.75, 3.05) is 24.2 Å². The van der Waals surface area contributed by atoms with Crippen LogP contribution in [0.4, 0.5) is 5.69 Å². The van der Waals surface area contributed by atoms with Crippen LogP contribution in [-0.4, -0.2) is 32.9 Å². The molecule has 6 nitrogen and oxygen atoms in total. The minimum atomic E-state index is -3.29. The molecule has 0 atom stereocenters. The number of anilines is 1. The zero-order valence-electron chi connectivity index (χ0n) is 16.1. The number of nitriles is 1. The highest BCUT2D eigenvalue weighted by molar-refractivity contribution is 7.92. The Morgan fingerprint density at radius 2 is 2.00 bits per heavy atom. The summed E-state index contributed by atoms with van der Waals surface area (Å²) < 4.78 is 32.9. The number of hydrogen-bond acceptors (Lipinski definition) is 4. The molecule has 144 valence electrons. The predicted octanol–water partition coefficient (Wildman–Crippen LogP) is 3.53. The van der Waals surface area contributed by atoms with E-state index in [0.29, 0.717) is 25.1 Å². The van der Waals surface area contributed by atoms with Gasteiger partial charge >= 0.3 is 0 Å². The fourth-order valence-electron chi connectivity index (χ4n) is 4.06. The Labute approximate surface area is 164 Å². The SMILES string of the molecule is CCn1c(-c2ccc3c(c2)CCN3S(C)(=O)=O)c(C#N)c2ccc(OC)cc21. The molecular formula is C21H21N3O3S. The van der Waals surface area contributed by atoms with Crippen LogP contribution in [0.15, 0.2) is 36.4 Å². The van der Waals surface area contributed by atoms with Crippen molar-refractivity contribution < 1.29 is 13.2 Å². The largest absolute Gasteiger partial charge is 0.497 e. The summed E-state index contributed by atoms with van der Waals surface area (Å²) in [4.78, 5) is 0. The van der Waals surface area contributed by atoms with Crippen LogP contribution in [-0.2, 0) is 23.0 Å². The van der Waals surface area contributed by atoms with E-state index in [1.54, 1.807) is 7.11 Å². The van der Waals surface area contributed by atoms with Gasteiger partial charge in [-0.2, -0.15) is 5.26 Å². The molecule has 1 aliphatic rings. The summed E-state index contributed by atoms with van der Waals surface area (Å²) in [7, 11) is -1.66. The molecular weight excluding hydrogens is 374 g/mol. The maximum Gasteiger partial charge on any atom is 0.232 e. The molecule has 0 spiro atoms. The van der Waals surface area contributed by atoms with Crippen LogP contribution < -0.4 is 9.04 Å². The number of aromatic nitrogens is 1. The minimum Gasteiger partial charge on any atom is -0.497 e. The van der Waals surface area contributed by atoms with Crippen LogP contribution in [0, 0.1) is 11.3 Å². The second-order valence-corrected chi connectivity index (χ2v) is 8.80. The van der Waals surface area contributed by atoms with Crippen molar-refractivity contribution in [1.82, 2.24) is 4.57 Å². The van der Waals surface area contributed by atoms with E-state index in [1.807, 2.05) is 43.3 Å². The van der Waals surface area contributed by atoms with Gasteiger partial charge in [-0.3, -0.25) is 4.31 Å².